The van der Waals surface area contributed by atoms with E-state index in [9.17, 15) is 0 Å². The smallest absolute Gasteiger partial charge is 0.240 e. The molecule has 0 unspecified atom stereocenters. The quantitative estimate of drug-likeness (QED) is 0.777. The Balaban J connectivity index is 1.59. The lowest BCUT2D eigenvalue weighted by molar-refractivity contribution is 0.221. The van der Waals surface area contributed by atoms with Crippen molar-refractivity contribution in [2.45, 2.75) is 65.0 Å². The van der Waals surface area contributed by atoms with Gasteiger partial charge in [0, 0.05) is 12.3 Å². The van der Waals surface area contributed by atoms with E-state index in [2.05, 4.69) is 32.1 Å². The van der Waals surface area contributed by atoms with Crippen molar-refractivity contribution in [1.82, 2.24) is 25.2 Å². The van der Waals surface area contributed by atoms with Gasteiger partial charge in [0.15, 0.2) is 11.6 Å². The van der Waals surface area contributed by atoms with Crippen LogP contribution in [-0.2, 0) is 19.5 Å². The van der Waals surface area contributed by atoms with Crippen LogP contribution in [0.1, 0.15) is 68.9 Å². The Bertz CT molecular complexity index is 588. The molecule has 22 heavy (non-hydrogen) atoms. The summed E-state index contributed by atoms with van der Waals surface area (Å²) in [4.78, 5) is 11.1. The molecule has 1 aliphatic carbocycles. The van der Waals surface area contributed by atoms with E-state index in [0.29, 0.717) is 24.9 Å². The maximum absolute atomic E-state index is 5.43. The third kappa shape index (κ3) is 3.52. The van der Waals surface area contributed by atoms with Crippen molar-refractivity contribution in [2.75, 3.05) is 6.54 Å². The molecule has 0 amide bonds. The first-order valence-electron chi connectivity index (χ1n) is 8.14. The van der Waals surface area contributed by atoms with Crippen LogP contribution in [0.3, 0.4) is 0 Å². The summed E-state index contributed by atoms with van der Waals surface area (Å²) in [5.41, 5.74) is 0. The number of rotatable bonds is 7. The van der Waals surface area contributed by atoms with Gasteiger partial charge in [0.2, 0.25) is 11.8 Å². The molecule has 7 nitrogen and oxygen atoms in total. The molecule has 2 aromatic rings. The molecule has 1 aliphatic rings. The van der Waals surface area contributed by atoms with Crippen LogP contribution in [0.4, 0.5) is 0 Å². The van der Waals surface area contributed by atoms with E-state index in [1.54, 1.807) is 0 Å². The minimum atomic E-state index is 0.458. The van der Waals surface area contributed by atoms with E-state index in [0.717, 1.165) is 30.5 Å². The van der Waals surface area contributed by atoms with Crippen molar-refractivity contribution in [3.8, 4) is 0 Å². The Hall–Kier alpha value is -1.76. The molecule has 1 fully saturated rings. The minimum absolute atomic E-state index is 0.458. The second-order valence-electron chi connectivity index (χ2n) is 5.79. The highest BCUT2D eigenvalue weighted by atomic mass is 16.5. The van der Waals surface area contributed by atoms with Crippen LogP contribution >= 0.6 is 0 Å². The molecule has 0 aliphatic heterocycles. The van der Waals surface area contributed by atoms with Crippen molar-refractivity contribution in [3.63, 3.8) is 0 Å². The third-order valence-corrected chi connectivity index (χ3v) is 4.19. The van der Waals surface area contributed by atoms with Gasteiger partial charge in [-0.1, -0.05) is 37.0 Å². The number of aryl methyl sites for hydroxylation is 1. The Morgan fingerprint density at radius 3 is 2.45 bits per heavy atom. The van der Waals surface area contributed by atoms with Crippen molar-refractivity contribution in [3.05, 3.63) is 23.4 Å². The highest BCUT2D eigenvalue weighted by Crippen LogP contribution is 2.32. The van der Waals surface area contributed by atoms with E-state index in [1.165, 1.54) is 25.7 Å². The fourth-order valence-corrected chi connectivity index (χ4v) is 2.84. The highest BCUT2D eigenvalue weighted by Gasteiger charge is 2.23. The molecule has 0 aromatic carbocycles. The molecular formula is C15H23N5O2. The van der Waals surface area contributed by atoms with E-state index < -0.39 is 0 Å². The molecule has 2 aromatic heterocycles. The van der Waals surface area contributed by atoms with Crippen LogP contribution in [0, 0.1) is 0 Å². The summed E-state index contributed by atoms with van der Waals surface area (Å²) < 4.78 is 10.7. The summed E-state index contributed by atoms with van der Waals surface area (Å²) in [6, 6.07) is 0. The Kier molecular flexibility index (Phi) is 4.82. The summed E-state index contributed by atoms with van der Waals surface area (Å²) in [7, 11) is 0. The zero-order valence-corrected chi connectivity index (χ0v) is 13.3. The van der Waals surface area contributed by atoms with Gasteiger partial charge >= 0.3 is 0 Å². The first-order chi connectivity index (χ1) is 10.8. The van der Waals surface area contributed by atoms with Gasteiger partial charge < -0.3 is 9.05 Å². The van der Waals surface area contributed by atoms with Crippen molar-refractivity contribution < 1.29 is 9.05 Å². The Morgan fingerprint density at radius 1 is 1.00 bits per heavy atom. The van der Waals surface area contributed by atoms with Gasteiger partial charge in [0.05, 0.1) is 13.1 Å². The number of nitrogens with zero attached hydrogens (tertiary/aromatic N) is 5. The van der Waals surface area contributed by atoms with Gasteiger partial charge in [-0.25, -0.2) is 0 Å². The van der Waals surface area contributed by atoms with Crippen LogP contribution in [0.25, 0.3) is 0 Å². The minimum Gasteiger partial charge on any atom is -0.339 e. The van der Waals surface area contributed by atoms with Crippen LogP contribution in [0.15, 0.2) is 9.05 Å². The van der Waals surface area contributed by atoms with Gasteiger partial charge in [-0.2, -0.15) is 9.97 Å². The summed E-state index contributed by atoms with van der Waals surface area (Å²) in [6.07, 6.45) is 5.65. The fourth-order valence-electron chi connectivity index (χ4n) is 2.84. The van der Waals surface area contributed by atoms with Gasteiger partial charge in [-0.15, -0.1) is 0 Å². The molecule has 120 valence electrons. The molecule has 0 saturated heterocycles. The van der Waals surface area contributed by atoms with Crippen LogP contribution < -0.4 is 0 Å². The predicted octanol–water partition coefficient (Wildman–Crippen LogP) is 2.69. The normalized spacial score (nSPS) is 16.0. The molecule has 0 bridgehead atoms. The molecule has 0 spiro atoms. The summed E-state index contributed by atoms with van der Waals surface area (Å²) in [6.45, 7) is 6.20. The van der Waals surface area contributed by atoms with Crippen LogP contribution in [0.2, 0.25) is 0 Å². The van der Waals surface area contributed by atoms with Gasteiger partial charge in [0.1, 0.15) is 0 Å². The highest BCUT2D eigenvalue weighted by molar-refractivity contribution is 4.96. The predicted molar refractivity (Wildman–Crippen MR) is 79.0 cm³/mol. The Morgan fingerprint density at radius 2 is 1.77 bits per heavy atom. The van der Waals surface area contributed by atoms with E-state index in [4.69, 9.17) is 9.05 Å². The summed E-state index contributed by atoms with van der Waals surface area (Å²) in [5.74, 6) is 3.38. The maximum Gasteiger partial charge on any atom is 0.240 e. The first kappa shape index (κ1) is 15.1. The molecule has 0 N–H and O–H groups in total. The third-order valence-electron chi connectivity index (χ3n) is 4.19. The standard InChI is InChI=1S/C15H23N5O2/c1-3-12-16-14(21-18-12)10-20(4-2)9-13-17-15(22-19-13)11-7-5-6-8-11/h11H,3-10H2,1-2H3. The van der Waals surface area contributed by atoms with Gasteiger partial charge in [-0.3, -0.25) is 4.90 Å². The zero-order chi connectivity index (χ0) is 15.4. The lowest BCUT2D eigenvalue weighted by Gasteiger charge is -2.15. The van der Waals surface area contributed by atoms with E-state index in [1.807, 2.05) is 6.92 Å². The molecule has 3 rings (SSSR count). The van der Waals surface area contributed by atoms with Crippen LogP contribution in [0.5, 0.6) is 0 Å². The fraction of sp³-hybridized carbons (Fsp3) is 0.733. The van der Waals surface area contributed by atoms with Gasteiger partial charge in [0.25, 0.3) is 0 Å². The lowest BCUT2D eigenvalue weighted by atomic mass is 10.1. The lowest BCUT2D eigenvalue weighted by Crippen LogP contribution is -2.23. The SMILES string of the molecule is CCc1noc(CN(CC)Cc2noc(C3CCCC3)n2)n1. The maximum atomic E-state index is 5.43. The second-order valence-corrected chi connectivity index (χ2v) is 5.79. The zero-order valence-electron chi connectivity index (χ0n) is 13.3. The second kappa shape index (κ2) is 7.00. The van der Waals surface area contributed by atoms with Crippen molar-refractivity contribution >= 4 is 0 Å². The number of aromatic nitrogens is 4. The largest absolute Gasteiger partial charge is 0.339 e. The average Bonchev–Trinajstić information content (AvgIpc) is 3.27. The number of hydrogen-bond donors (Lipinski definition) is 0. The summed E-state index contributed by atoms with van der Waals surface area (Å²) in [5, 5.41) is 8.04. The average molecular weight is 305 g/mol. The molecule has 0 atom stereocenters. The monoisotopic (exact) mass is 305 g/mol. The van der Waals surface area contributed by atoms with Crippen LogP contribution in [-0.4, -0.2) is 31.7 Å². The summed E-state index contributed by atoms with van der Waals surface area (Å²) >= 11 is 0. The molecule has 7 heteroatoms. The van der Waals surface area contributed by atoms with Gasteiger partial charge in [-0.05, 0) is 19.4 Å². The molecule has 1 saturated carbocycles. The van der Waals surface area contributed by atoms with Crippen molar-refractivity contribution in [2.24, 2.45) is 0 Å². The number of hydrogen-bond acceptors (Lipinski definition) is 7. The molecule has 0 radical (unpaired) electrons. The van der Waals surface area contributed by atoms with E-state index in [-0.39, 0.29) is 0 Å². The first-order valence-corrected chi connectivity index (χ1v) is 8.14. The molecular weight excluding hydrogens is 282 g/mol. The molecule has 2 heterocycles. The topological polar surface area (TPSA) is 81.1 Å². The van der Waals surface area contributed by atoms with Crippen molar-refractivity contribution in [1.29, 1.82) is 0 Å². The van der Waals surface area contributed by atoms with E-state index >= 15 is 0 Å². The Labute approximate surface area is 130 Å².